The van der Waals surface area contributed by atoms with Crippen molar-refractivity contribution in [3.63, 3.8) is 0 Å². The number of halogens is 6. The van der Waals surface area contributed by atoms with Crippen molar-refractivity contribution in [2.45, 2.75) is 37.3 Å². The number of alkyl halides is 6. The SMILES string of the molecule is NNC(=O)Cc1ccc[n+](C(c2ccccc2)c2ccccc2)c1.NNC(=O)Cc1ccc[n+](C(c2ccccc2)c2ccccc2)c1.O=C([O-])C(F)(F)F.O=C([O-])C(F)(F)F. The van der Waals surface area contributed by atoms with E-state index >= 15 is 0 Å². The number of aromatic nitrogens is 2. The Balaban J connectivity index is 0.000000254. The molecular weight excluding hydrogens is 823 g/mol. The van der Waals surface area contributed by atoms with Crippen molar-refractivity contribution in [3.05, 3.63) is 204 Å². The zero-order valence-electron chi connectivity index (χ0n) is 32.5. The summed E-state index contributed by atoms with van der Waals surface area (Å²) in [6.45, 7) is 0. The van der Waals surface area contributed by atoms with Crippen molar-refractivity contribution in [3.8, 4) is 0 Å². The van der Waals surface area contributed by atoms with Crippen LogP contribution in [0.25, 0.3) is 0 Å². The van der Waals surface area contributed by atoms with Crippen molar-refractivity contribution in [2.24, 2.45) is 11.7 Å². The van der Waals surface area contributed by atoms with E-state index in [4.69, 9.17) is 31.5 Å². The van der Waals surface area contributed by atoms with Crippen LogP contribution in [0.1, 0.15) is 45.5 Å². The lowest BCUT2D eigenvalue weighted by molar-refractivity contribution is -0.705. The Bertz CT molecular complexity index is 2080. The van der Waals surface area contributed by atoms with Crippen LogP contribution in [0.3, 0.4) is 0 Å². The van der Waals surface area contributed by atoms with E-state index in [-0.39, 0.29) is 36.7 Å². The van der Waals surface area contributed by atoms with Gasteiger partial charge in [-0.3, -0.25) is 20.4 Å². The molecule has 0 aliphatic heterocycles. The Labute approximate surface area is 351 Å². The summed E-state index contributed by atoms with van der Waals surface area (Å²) in [5, 5.41) is 17.6. The number of amides is 2. The molecule has 4 aromatic carbocycles. The van der Waals surface area contributed by atoms with Crippen molar-refractivity contribution >= 4 is 23.8 Å². The van der Waals surface area contributed by atoms with E-state index in [2.05, 4.69) is 68.5 Å². The minimum absolute atomic E-state index is 0.0493. The van der Waals surface area contributed by atoms with Crippen LogP contribution in [0.2, 0.25) is 0 Å². The summed E-state index contributed by atoms with van der Waals surface area (Å²) in [6, 6.07) is 49.2. The molecule has 0 unspecified atom stereocenters. The molecule has 324 valence electrons. The lowest BCUT2D eigenvalue weighted by Crippen LogP contribution is -2.41. The number of aliphatic carboxylic acids is 2. The number of pyridine rings is 2. The van der Waals surface area contributed by atoms with E-state index in [1.54, 1.807) is 0 Å². The van der Waals surface area contributed by atoms with Crippen LogP contribution in [0.15, 0.2) is 170 Å². The molecule has 0 saturated carbocycles. The highest BCUT2D eigenvalue weighted by Crippen LogP contribution is 2.23. The first kappa shape index (κ1) is 48.9. The van der Waals surface area contributed by atoms with Gasteiger partial charge in [-0.05, 0) is 12.1 Å². The fourth-order valence-corrected chi connectivity index (χ4v) is 5.71. The maximum absolute atomic E-state index is 11.6. The number of hydrazine groups is 2. The van der Waals surface area contributed by atoms with E-state index in [0.717, 1.165) is 11.1 Å². The Morgan fingerprint density at radius 3 is 0.919 bits per heavy atom. The molecule has 0 radical (unpaired) electrons. The van der Waals surface area contributed by atoms with Crippen molar-refractivity contribution in [1.29, 1.82) is 0 Å². The van der Waals surface area contributed by atoms with Crippen LogP contribution in [0.4, 0.5) is 26.3 Å². The molecule has 0 bridgehead atoms. The summed E-state index contributed by atoms with van der Waals surface area (Å²) in [7, 11) is 0. The Morgan fingerprint density at radius 2 is 0.710 bits per heavy atom. The third kappa shape index (κ3) is 16.3. The van der Waals surface area contributed by atoms with Gasteiger partial charge >= 0.3 is 12.4 Å². The highest BCUT2D eigenvalue weighted by molar-refractivity contribution is 5.78. The summed E-state index contributed by atoms with van der Waals surface area (Å²) in [5.41, 5.74) is 10.9. The molecule has 0 aliphatic carbocycles. The number of rotatable bonds is 10. The summed E-state index contributed by atoms with van der Waals surface area (Å²) >= 11 is 0. The normalized spacial score (nSPS) is 10.7. The number of nitrogens with one attached hydrogen (secondary N) is 2. The molecule has 0 spiro atoms. The van der Waals surface area contributed by atoms with Crippen LogP contribution in [0, 0.1) is 0 Å². The predicted molar refractivity (Wildman–Crippen MR) is 208 cm³/mol. The number of nitrogens with two attached hydrogens (primary N) is 2. The van der Waals surface area contributed by atoms with Crippen molar-refractivity contribution in [2.75, 3.05) is 0 Å². The lowest BCUT2D eigenvalue weighted by atomic mass is 9.98. The molecule has 6 aromatic rings. The van der Waals surface area contributed by atoms with Gasteiger partial charge in [0.2, 0.25) is 23.9 Å². The smallest absolute Gasteiger partial charge is 0.430 e. The van der Waals surface area contributed by atoms with Gasteiger partial charge in [-0.2, -0.15) is 35.5 Å². The first-order valence-electron chi connectivity index (χ1n) is 18.2. The number of nitrogens with zero attached hydrogens (tertiary/aromatic N) is 2. The molecule has 0 saturated heterocycles. The predicted octanol–water partition coefficient (Wildman–Crippen LogP) is 2.89. The zero-order valence-corrected chi connectivity index (χ0v) is 32.5. The maximum Gasteiger partial charge on any atom is 0.430 e. The fourth-order valence-electron chi connectivity index (χ4n) is 5.71. The number of benzene rings is 4. The van der Waals surface area contributed by atoms with Gasteiger partial charge in [-0.25, -0.2) is 11.7 Å². The second-order valence-electron chi connectivity index (χ2n) is 12.8. The van der Waals surface area contributed by atoms with Gasteiger partial charge in [-0.1, -0.05) is 121 Å². The second kappa shape index (κ2) is 24.0. The Morgan fingerprint density at radius 1 is 0.468 bits per heavy atom. The molecule has 6 N–H and O–H groups in total. The Hall–Kier alpha value is -7.44. The average molecular weight is 863 g/mol. The first-order chi connectivity index (χ1) is 29.4. The molecule has 6 rings (SSSR count). The average Bonchev–Trinajstić information content (AvgIpc) is 3.25. The second-order valence-corrected chi connectivity index (χ2v) is 12.8. The minimum atomic E-state index is -5.19. The van der Waals surface area contributed by atoms with Gasteiger partial charge in [-0.15, -0.1) is 0 Å². The van der Waals surface area contributed by atoms with Crippen molar-refractivity contribution < 1.29 is 64.9 Å². The maximum atomic E-state index is 11.6. The van der Waals surface area contributed by atoms with Crippen LogP contribution in [-0.4, -0.2) is 36.1 Å². The highest BCUT2D eigenvalue weighted by Gasteiger charge is 2.30. The highest BCUT2D eigenvalue weighted by atomic mass is 19.4. The first-order valence-corrected chi connectivity index (χ1v) is 18.2. The molecular formula is C44H40F6N6O6. The summed E-state index contributed by atoms with van der Waals surface area (Å²) < 4.78 is 67.4. The van der Waals surface area contributed by atoms with Gasteiger partial charge in [0.25, 0.3) is 0 Å². The monoisotopic (exact) mass is 862 g/mol. The van der Waals surface area contributed by atoms with Crippen LogP contribution in [-0.2, 0) is 32.0 Å². The van der Waals surface area contributed by atoms with Crippen LogP contribution < -0.4 is 41.9 Å². The van der Waals surface area contributed by atoms with Gasteiger partial charge < -0.3 is 19.8 Å². The lowest BCUT2D eigenvalue weighted by Gasteiger charge is -2.14. The van der Waals surface area contributed by atoms with Gasteiger partial charge in [0.1, 0.15) is 11.9 Å². The number of carboxylic acids is 2. The molecule has 0 fully saturated rings. The topological polar surface area (TPSA) is 198 Å². The molecule has 2 aromatic heterocycles. The quantitative estimate of drug-likeness (QED) is 0.0530. The fraction of sp³-hybridized carbons (Fsp3) is 0.136. The largest absolute Gasteiger partial charge is 0.542 e. The molecule has 2 amide bonds. The van der Waals surface area contributed by atoms with Gasteiger partial charge in [0.05, 0.1) is 12.8 Å². The van der Waals surface area contributed by atoms with E-state index in [0.29, 0.717) is 0 Å². The molecule has 0 atom stereocenters. The van der Waals surface area contributed by atoms with E-state index < -0.39 is 24.3 Å². The number of hydrogen-bond donors (Lipinski definition) is 4. The molecule has 0 aliphatic rings. The molecule has 62 heavy (non-hydrogen) atoms. The summed E-state index contributed by atoms with van der Waals surface area (Å²) in [4.78, 5) is 40.7. The molecule has 18 heteroatoms. The number of carbonyl (C=O) groups is 4. The zero-order chi connectivity index (χ0) is 45.7. The molecule has 12 nitrogen and oxygen atoms in total. The van der Waals surface area contributed by atoms with E-state index in [9.17, 15) is 35.9 Å². The Kier molecular flexibility index (Phi) is 18.9. The third-order valence-corrected chi connectivity index (χ3v) is 8.34. The van der Waals surface area contributed by atoms with Gasteiger partial charge in [0, 0.05) is 45.5 Å². The summed E-state index contributed by atoms with van der Waals surface area (Å²) in [5.74, 6) is 3.96. The standard InChI is InChI=1S/2C20H19N3O.2C2HF3O2/c2*21-22-19(24)14-16-8-7-13-23(15-16)20(17-9-3-1-4-10-17)18-11-5-2-6-12-18;2*3-2(4,5)1(6)7/h2*1-13,15,20H,14,21H2;2*(H,6,7). The van der Waals surface area contributed by atoms with E-state index in [1.807, 2.05) is 122 Å². The van der Waals surface area contributed by atoms with E-state index in [1.165, 1.54) is 22.3 Å². The van der Waals surface area contributed by atoms with Gasteiger partial charge in [0.15, 0.2) is 24.8 Å². The number of carbonyl (C=O) groups excluding carboxylic acids is 4. The third-order valence-electron chi connectivity index (χ3n) is 8.34. The van der Waals surface area contributed by atoms with Crippen LogP contribution >= 0.6 is 0 Å². The summed E-state index contributed by atoms with van der Waals surface area (Å²) in [6.07, 6.45) is -1.83. The molecule has 2 heterocycles. The minimum Gasteiger partial charge on any atom is -0.542 e. The van der Waals surface area contributed by atoms with Crippen LogP contribution in [0.5, 0.6) is 0 Å². The van der Waals surface area contributed by atoms with Crippen molar-refractivity contribution in [1.82, 2.24) is 10.9 Å². The number of hydrogen-bond acceptors (Lipinski definition) is 8. The number of carboxylic acid groups (broad SMARTS) is 2.